The molecule has 12 nitrogen and oxygen atoms in total. The lowest BCUT2D eigenvalue weighted by molar-refractivity contribution is -0.134. The van der Waals surface area contributed by atoms with Crippen LogP contribution in [-0.2, 0) is 17.6 Å². The van der Waals surface area contributed by atoms with Crippen molar-refractivity contribution in [3.05, 3.63) is 52.1 Å². The van der Waals surface area contributed by atoms with E-state index in [1.165, 1.54) is 15.7 Å². The van der Waals surface area contributed by atoms with Crippen LogP contribution in [0.5, 0.6) is 0 Å². The summed E-state index contributed by atoms with van der Waals surface area (Å²) in [5.41, 5.74) is 14.7. The highest BCUT2D eigenvalue weighted by Crippen LogP contribution is 2.26. The molecule has 1 saturated carbocycles. The Morgan fingerprint density at radius 3 is 2.49 bits per heavy atom. The lowest BCUT2D eigenvalue weighted by atomic mass is 9.87. The summed E-state index contributed by atoms with van der Waals surface area (Å²) in [6.45, 7) is 1.22. The van der Waals surface area contributed by atoms with Crippen LogP contribution in [-0.4, -0.2) is 93.3 Å². The van der Waals surface area contributed by atoms with E-state index in [0.29, 0.717) is 44.3 Å². The Morgan fingerprint density at radius 1 is 1.05 bits per heavy atom. The molecule has 5 rings (SSSR count). The number of fused-ring (bicyclic) bond motifs is 1. The van der Waals surface area contributed by atoms with Crippen LogP contribution < -0.4 is 27.8 Å². The van der Waals surface area contributed by atoms with E-state index >= 15 is 0 Å². The summed E-state index contributed by atoms with van der Waals surface area (Å²) in [6, 6.07) is 7.87. The van der Waals surface area contributed by atoms with Crippen LogP contribution in [0.25, 0.3) is 5.69 Å². The average molecular weight is 589 g/mol. The highest BCUT2D eigenvalue weighted by atomic mass is 35.5. The topological polar surface area (TPSA) is 172 Å². The van der Waals surface area contributed by atoms with Gasteiger partial charge in [0.2, 0.25) is 5.91 Å². The highest BCUT2D eigenvalue weighted by molar-refractivity contribution is 5.88. The zero-order chi connectivity index (χ0) is 28.2. The number of nitrogens with two attached hydrogens (primary N) is 2. The van der Waals surface area contributed by atoms with Crippen molar-refractivity contribution in [1.82, 2.24) is 24.7 Å². The molecule has 4 atom stereocenters. The van der Waals surface area contributed by atoms with Gasteiger partial charge in [0.05, 0.1) is 11.7 Å². The summed E-state index contributed by atoms with van der Waals surface area (Å²) in [5.74, 6) is -0.0550. The number of anilines is 1. The largest absolute Gasteiger partial charge is 0.396 e. The van der Waals surface area contributed by atoms with Crippen molar-refractivity contribution in [1.29, 1.82) is 0 Å². The molecule has 3 aliphatic rings. The second kappa shape index (κ2) is 13.8. The molecular formula is C28H41ClN8O4. The molecule has 1 saturated heterocycles. The molecule has 224 valence electrons. The van der Waals surface area contributed by atoms with Gasteiger partial charge in [0.15, 0.2) is 0 Å². The summed E-state index contributed by atoms with van der Waals surface area (Å²) in [7, 11) is 0. The van der Waals surface area contributed by atoms with Crippen molar-refractivity contribution in [2.75, 3.05) is 38.1 Å². The van der Waals surface area contributed by atoms with E-state index in [9.17, 15) is 14.4 Å². The number of nitrogens with one attached hydrogen (secondary N) is 2. The number of piperazine rings is 1. The molecule has 1 unspecified atom stereocenters. The third-order valence-electron chi connectivity index (χ3n) is 8.32. The first kappa shape index (κ1) is 30.9. The summed E-state index contributed by atoms with van der Waals surface area (Å²) < 4.78 is 1.49. The Labute approximate surface area is 245 Å². The second-order valence-corrected chi connectivity index (χ2v) is 11.2. The number of aromatic nitrogens is 2. The number of aryl methyl sites for hydroxylation is 1. The van der Waals surface area contributed by atoms with Crippen molar-refractivity contribution >= 4 is 30.2 Å². The minimum atomic E-state index is -0.744. The predicted molar refractivity (Wildman–Crippen MR) is 158 cm³/mol. The number of carbonyl (C=O) groups excluding carboxylic acids is 2. The van der Waals surface area contributed by atoms with Crippen LogP contribution in [0.2, 0.25) is 0 Å². The van der Waals surface area contributed by atoms with Gasteiger partial charge in [0.25, 0.3) is 0 Å². The number of hydrogen-bond donors (Lipinski definition) is 5. The first-order chi connectivity index (χ1) is 19.3. The molecule has 0 spiro atoms. The van der Waals surface area contributed by atoms with Gasteiger partial charge in [-0.25, -0.2) is 9.59 Å². The number of hydrogen-bond acceptors (Lipinski definition) is 8. The van der Waals surface area contributed by atoms with Crippen molar-refractivity contribution in [2.45, 2.75) is 69.1 Å². The summed E-state index contributed by atoms with van der Waals surface area (Å²) >= 11 is 0. The van der Waals surface area contributed by atoms with Gasteiger partial charge in [0, 0.05) is 57.1 Å². The average Bonchev–Trinajstić information content (AvgIpc) is 3.36. The van der Waals surface area contributed by atoms with E-state index in [2.05, 4.69) is 27.8 Å². The van der Waals surface area contributed by atoms with Crippen LogP contribution in [0.1, 0.15) is 43.2 Å². The molecule has 1 aromatic carbocycles. The third kappa shape index (κ3) is 7.44. The fourth-order valence-corrected chi connectivity index (χ4v) is 6.02. The van der Waals surface area contributed by atoms with Gasteiger partial charge >= 0.3 is 11.7 Å². The quantitative estimate of drug-likeness (QED) is 0.308. The second-order valence-electron chi connectivity index (χ2n) is 11.2. The number of halogens is 1. The van der Waals surface area contributed by atoms with Gasteiger partial charge in [-0.05, 0) is 74.3 Å². The van der Waals surface area contributed by atoms with Crippen molar-refractivity contribution in [2.24, 2.45) is 11.5 Å². The third-order valence-corrected chi connectivity index (χ3v) is 8.32. The number of aliphatic hydroxyl groups is 1. The lowest BCUT2D eigenvalue weighted by Crippen LogP contribution is -2.55. The smallest absolute Gasteiger partial charge is 0.354 e. The van der Waals surface area contributed by atoms with E-state index in [4.69, 9.17) is 16.6 Å². The van der Waals surface area contributed by atoms with Crippen molar-refractivity contribution in [3.8, 4) is 5.69 Å². The van der Waals surface area contributed by atoms with Gasteiger partial charge in [0.1, 0.15) is 5.82 Å². The molecule has 13 heteroatoms. The van der Waals surface area contributed by atoms with Gasteiger partial charge in [-0.3, -0.25) is 14.7 Å². The summed E-state index contributed by atoms with van der Waals surface area (Å²) in [6.07, 6.45) is 8.09. The molecule has 2 fully saturated rings. The number of aliphatic hydroxyl groups excluding tert-OH is 1. The van der Waals surface area contributed by atoms with Crippen molar-refractivity contribution in [3.63, 3.8) is 0 Å². The van der Waals surface area contributed by atoms with Crippen LogP contribution >= 0.6 is 12.4 Å². The van der Waals surface area contributed by atoms with E-state index < -0.39 is 11.7 Å². The molecule has 0 radical (unpaired) electrons. The van der Waals surface area contributed by atoms with Crippen LogP contribution in [0.4, 0.5) is 10.6 Å². The van der Waals surface area contributed by atoms with E-state index in [-0.39, 0.29) is 43.2 Å². The maximum absolute atomic E-state index is 12.9. The summed E-state index contributed by atoms with van der Waals surface area (Å²) in [4.78, 5) is 45.2. The number of benzene rings is 1. The highest BCUT2D eigenvalue weighted by Gasteiger charge is 2.28. The predicted octanol–water partition coefficient (Wildman–Crippen LogP) is 0.367. The zero-order valence-electron chi connectivity index (χ0n) is 23.2. The minimum Gasteiger partial charge on any atom is -0.396 e. The molecule has 1 aromatic heterocycles. The maximum Gasteiger partial charge on any atom is 0.354 e. The number of urea groups is 1. The van der Waals surface area contributed by atoms with Crippen LogP contribution in [0.15, 0.2) is 35.3 Å². The van der Waals surface area contributed by atoms with Gasteiger partial charge < -0.3 is 31.7 Å². The zero-order valence-corrected chi connectivity index (χ0v) is 24.0. The van der Waals surface area contributed by atoms with E-state index in [1.807, 2.05) is 6.07 Å². The Morgan fingerprint density at radius 2 is 1.80 bits per heavy atom. The fourth-order valence-electron chi connectivity index (χ4n) is 6.02. The maximum atomic E-state index is 12.9. The Bertz CT molecular complexity index is 1280. The molecule has 0 bridgehead atoms. The van der Waals surface area contributed by atoms with Gasteiger partial charge in [-0.1, -0.05) is 6.07 Å². The molecule has 2 aromatic rings. The number of nitrogens with zero attached hydrogens (tertiary/aromatic N) is 4. The molecule has 1 aliphatic heterocycles. The normalized spacial score (nSPS) is 23.0. The summed E-state index contributed by atoms with van der Waals surface area (Å²) in [5, 5.41) is 15.5. The van der Waals surface area contributed by atoms with E-state index in [1.54, 1.807) is 22.1 Å². The minimum absolute atomic E-state index is 0. The van der Waals surface area contributed by atoms with Crippen LogP contribution in [0.3, 0.4) is 0 Å². The molecule has 3 amide bonds. The first-order valence-corrected chi connectivity index (χ1v) is 14.3. The Kier molecular flexibility index (Phi) is 10.4. The SMILES string of the molecule is Cl.N[C@H]1CC[C@H](NC2CCc3cc(-n4ccc(NC(=O)N5CCN(C(=O)[C@@H](N)CCO)CC5)nc4=O)ccc3C2)C1. The first-order valence-electron chi connectivity index (χ1n) is 14.3. The van der Waals surface area contributed by atoms with Gasteiger partial charge in [-0.2, -0.15) is 4.98 Å². The standard InChI is InChI=1S/C28H40N8O4.ClH/c29-20-3-5-22(17-20)31-21-4-1-19-16-23(6-2-18(19)15-21)36-9-7-25(33-28(36)40)32-27(39)35-12-10-34(11-13-35)26(38)24(30)8-14-37;/h2,6-7,9,16,20-22,24,31,37H,1,3-5,8,10-15,17,29-30H2,(H,32,33,39,40);1H/t20-,21?,22-,24-;/m0./s1. The molecule has 2 heterocycles. The number of carbonyl (C=O) groups is 2. The monoisotopic (exact) mass is 588 g/mol. The number of rotatable bonds is 7. The lowest BCUT2D eigenvalue weighted by Gasteiger charge is -2.35. The van der Waals surface area contributed by atoms with Crippen molar-refractivity contribution < 1.29 is 14.7 Å². The fraction of sp³-hybridized carbons (Fsp3) is 0.571. The van der Waals surface area contributed by atoms with Crippen LogP contribution in [0, 0.1) is 0 Å². The molecule has 41 heavy (non-hydrogen) atoms. The molecule has 2 aliphatic carbocycles. The Balaban J connectivity index is 0.00000387. The molecular weight excluding hydrogens is 548 g/mol. The Hall–Kier alpha value is -3.03. The van der Waals surface area contributed by atoms with E-state index in [0.717, 1.165) is 44.2 Å². The van der Waals surface area contributed by atoms with Gasteiger partial charge in [-0.15, -0.1) is 12.4 Å². The number of amides is 3. The molecule has 7 N–H and O–H groups in total.